The van der Waals surface area contributed by atoms with Crippen LogP contribution in [0.1, 0.15) is 94.2 Å². The number of hydrogen-bond donors (Lipinski definition) is 0. The van der Waals surface area contributed by atoms with Gasteiger partial charge in [0.2, 0.25) is 0 Å². The summed E-state index contributed by atoms with van der Waals surface area (Å²) in [6, 6.07) is 139. The minimum Gasteiger partial charge on any atom is -0.305 e. The number of halogens is 3. The van der Waals surface area contributed by atoms with Crippen molar-refractivity contribution in [1.29, 1.82) is 0 Å². The molecule has 8 aromatic heterocycles. The van der Waals surface area contributed by atoms with Gasteiger partial charge >= 0.3 is 0 Å². The van der Waals surface area contributed by atoms with E-state index in [1.54, 1.807) is 128 Å². The molecule has 0 N–H and O–H groups in total. The normalized spacial score (nSPS) is 13.6. The molecule has 0 amide bonds. The van der Waals surface area contributed by atoms with Crippen molar-refractivity contribution in [3.05, 3.63) is 531 Å². The Bertz CT molecular complexity index is 7310. The maximum absolute atomic E-state index is 14.2. The molecule has 0 aliphatic carbocycles. The molecular weight excluding hydrogens is 2420 g/mol. The van der Waals surface area contributed by atoms with Crippen LogP contribution in [-0.4, -0.2) is 39.9 Å². The summed E-state index contributed by atoms with van der Waals surface area (Å²) in [7, 11) is 0. The van der Waals surface area contributed by atoms with Crippen LogP contribution in [-0.2, 0) is 86.8 Å². The second kappa shape index (κ2) is 57.3. The average Bonchev–Trinajstić information content (AvgIpc) is 0.770. The van der Waals surface area contributed by atoms with Gasteiger partial charge in [-0.3, -0.25) is 0 Å². The monoisotopic (exact) mass is 2540 g/mol. The van der Waals surface area contributed by atoms with Crippen LogP contribution in [0, 0.1) is 99.3 Å². The van der Waals surface area contributed by atoms with Gasteiger partial charge in [-0.05, 0) is 212 Å². The van der Waals surface area contributed by atoms with Gasteiger partial charge in [0.15, 0.2) is 0 Å². The molecule has 4 radical (unpaired) electrons. The molecule has 0 saturated heterocycles. The van der Waals surface area contributed by atoms with Gasteiger partial charge in [-0.2, -0.15) is 0 Å². The molecule has 0 saturated carbocycles. The van der Waals surface area contributed by atoms with Crippen LogP contribution in [0.4, 0.5) is 13.2 Å². The molecule has 696 valence electrons. The summed E-state index contributed by atoms with van der Waals surface area (Å²) in [5.41, 5.74) is 21.7. The Balaban J connectivity index is 0.000000200. The van der Waals surface area contributed by atoms with Crippen molar-refractivity contribution in [2.24, 2.45) is 5.89 Å². The molecule has 0 fully saturated rings. The molecular formula is C123H99F3Ir4N8-8. The first-order chi connectivity index (χ1) is 73.4. The van der Waals surface area contributed by atoms with Crippen molar-refractivity contribution in [2.45, 2.75) is 67.3 Å². The minimum absolute atomic E-state index is 0. The van der Waals surface area contributed by atoms with E-state index in [1.807, 2.05) is 231 Å². The number of nitrogens with zero attached hydrogens (tertiary/aromatic N) is 8. The fraction of sp³-hybridized carbons (Fsp3) is 0.0894. The van der Waals surface area contributed by atoms with Crippen LogP contribution in [0.5, 0.6) is 0 Å². The molecule has 20 rings (SSSR count). The Morgan fingerprint density at radius 1 is 0.254 bits per heavy atom. The third kappa shape index (κ3) is 33.9. The largest absolute Gasteiger partial charge is 0.305 e. The van der Waals surface area contributed by atoms with E-state index >= 15 is 0 Å². The number of rotatable bonds is 15. The van der Waals surface area contributed by atoms with E-state index in [4.69, 9.17) is 27.4 Å². The van der Waals surface area contributed by atoms with Gasteiger partial charge < -0.3 is 39.9 Å². The molecule has 8 heterocycles. The summed E-state index contributed by atoms with van der Waals surface area (Å²) in [5.74, 6) is -5.25. The molecule has 0 aliphatic heterocycles. The topological polar surface area (TPSA) is 103 Å². The first-order valence-corrected chi connectivity index (χ1v) is 42.3. The number of pyridine rings is 8. The maximum Gasteiger partial charge on any atom is 0.126 e. The Kier molecular flexibility index (Phi) is 33.8. The summed E-state index contributed by atoms with van der Waals surface area (Å²) in [6.07, 6.45) is 12.3. The van der Waals surface area contributed by atoms with Crippen LogP contribution < -0.4 is 0 Å². The van der Waals surface area contributed by atoms with E-state index in [0.29, 0.717) is 11.1 Å². The zero-order valence-electron chi connectivity index (χ0n) is 94.2. The van der Waals surface area contributed by atoms with Crippen molar-refractivity contribution < 1.29 is 121 Å². The van der Waals surface area contributed by atoms with Gasteiger partial charge in [0.05, 0.1) is 0 Å². The smallest absolute Gasteiger partial charge is 0.126 e. The van der Waals surface area contributed by atoms with Crippen molar-refractivity contribution >= 4 is 0 Å². The third-order valence-corrected chi connectivity index (χ3v) is 19.8. The first kappa shape index (κ1) is 81.4. The van der Waals surface area contributed by atoms with E-state index in [1.165, 1.54) is 80.1 Å². The first-order valence-electron chi connectivity index (χ1n) is 52.3. The summed E-state index contributed by atoms with van der Waals surface area (Å²) in [5, 5.41) is 0. The van der Waals surface area contributed by atoms with Gasteiger partial charge in [0.25, 0.3) is 0 Å². The molecule has 8 nitrogen and oxygen atoms in total. The van der Waals surface area contributed by atoms with Crippen molar-refractivity contribution in [3.8, 4) is 135 Å². The number of benzene rings is 12. The SMILES string of the molecule is Fc1ccc(-c2ccc(-c3[c-]cccc3)nc2)cc1.[2H]C([2H])([2H])C([2H])(C)Cc1cc(-c2ccc(-c3[c-]cccc3)nc2)ccc1F.[2H]C([2H])([2H])C([2H])(C)c1cc(-c2ccc(-c3[c-]cccc3)nc2)ccc1F.[2H]C([2H])([2H])c1ccc(-c2[c-]cccc2)nc1.[2H]C([2H])([2H])c1ccc(-c2[c-]cccc2)nc1.[2H]C([2H])([2H])c1ccc(-c2[c-]cccc2)nc1.[2H]C([2H])([2H])c1ccc(-c2[c-]cccc2)nc1.[Ir].[Ir].[Ir].[Ir].[c-]1ccccc1-c1cc(-c2ccccc2)ccn1. The van der Waals surface area contributed by atoms with Gasteiger partial charge in [0, 0.05) is 157 Å². The summed E-state index contributed by atoms with van der Waals surface area (Å²) in [6.45, 7) is -11.0. The fourth-order valence-electron chi connectivity index (χ4n) is 13.0. The maximum atomic E-state index is 14.2. The average molecular weight is 2540 g/mol. The van der Waals surface area contributed by atoms with Crippen LogP contribution >= 0.6 is 0 Å². The zero-order chi connectivity index (χ0) is 110. The fourth-order valence-corrected chi connectivity index (χ4v) is 13.0. The van der Waals surface area contributed by atoms with Crippen molar-refractivity contribution in [1.82, 2.24) is 39.9 Å². The van der Waals surface area contributed by atoms with Gasteiger partial charge in [-0.25, -0.2) is 13.2 Å². The van der Waals surface area contributed by atoms with E-state index in [9.17, 15) is 13.2 Å². The van der Waals surface area contributed by atoms with E-state index in [-0.39, 0.29) is 126 Å². The predicted octanol–water partition coefficient (Wildman–Crippen LogP) is 31.0. The zero-order valence-corrected chi connectivity index (χ0v) is 83.8. The quantitative estimate of drug-likeness (QED) is 0.0935. The van der Waals surface area contributed by atoms with Crippen molar-refractivity contribution in [3.63, 3.8) is 0 Å². The molecule has 0 aliphatic rings. The molecule has 0 spiro atoms. The van der Waals surface area contributed by atoms with Crippen molar-refractivity contribution in [2.75, 3.05) is 0 Å². The standard InChI is InChI=1S/C21H19FN.C20H17FN.C17H11FN.C17H12N.4C12H10N.4Ir/c1-15(2)12-19-13-17(8-10-20(19)22)18-9-11-21(23-14-18)16-6-4-3-5-7-16;1-14(2)18-12-16(8-10-19(18)21)17-9-11-20(22-13-17)15-6-4-3-5-7-15;18-16-9-6-13(7-10-16)15-8-11-17(19-12-15)14-4-2-1-3-5-14;1-3-7-14(8-4-1)16-11-12-18-17(13-16)15-9-5-2-6-10-15;4*1-10-7-8-12(13-9-10)11-5-3-2-4-6-11;;;;/h3-6,8-11,13-15H,12H2,1-2H3;3-6,8-14H,1-2H3;1-4,6-12H;1-9,11-13H;4*2-5,7-9H,1H3;;;;/q8*-1;;;;/i1D3,15D;1D3,14D;;;4*1D3;;;;. The summed E-state index contributed by atoms with van der Waals surface area (Å²) in [4.78, 5) is 34.2. The number of aryl methyl sites for hydroxylation is 4. The van der Waals surface area contributed by atoms with E-state index < -0.39 is 64.5 Å². The Hall–Kier alpha value is -13.8. The third-order valence-electron chi connectivity index (χ3n) is 19.8. The van der Waals surface area contributed by atoms with Crippen LogP contribution in [0.25, 0.3) is 135 Å². The molecule has 12 aromatic carbocycles. The Morgan fingerprint density at radius 2 is 0.536 bits per heavy atom. The van der Waals surface area contributed by atoms with Crippen LogP contribution in [0.15, 0.2) is 432 Å². The Labute approximate surface area is 893 Å². The van der Waals surface area contributed by atoms with Gasteiger partial charge in [-0.1, -0.05) is 173 Å². The molecule has 2 atom stereocenters. The van der Waals surface area contributed by atoms with E-state index in [2.05, 4.69) is 107 Å². The van der Waals surface area contributed by atoms with Crippen LogP contribution in [0.2, 0.25) is 0 Å². The van der Waals surface area contributed by atoms with E-state index in [0.717, 1.165) is 112 Å². The van der Waals surface area contributed by atoms with Gasteiger partial charge in [-0.15, -0.1) is 287 Å². The summed E-state index contributed by atoms with van der Waals surface area (Å²) < 4.78 is 189. The molecule has 20 aromatic rings. The predicted molar refractivity (Wildman–Crippen MR) is 541 cm³/mol. The minimum atomic E-state index is -2.64. The number of hydrogen-bond acceptors (Lipinski definition) is 8. The molecule has 138 heavy (non-hydrogen) atoms. The molecule has 15 heteroatoms. The van der Waals surface area contributed by atoms with Gasteiger partial charge in [0.1, 0.15) is 17.5 Å². The summed E-state index contributed by atoms with van der Waals surface area (Å²) >= 11 is 0. The second-order valence-electron chi connectivity index (χ2n) is 29.6. The molecule has 0 bridgehead atoms. The number of aromatic nitrogens is 8. The second-order valence-corrected chi connectivity index (χ2v) is 29.6. The Morgan fingerprint density at radius 3 is 0.833 bits per heavy atom. The molecule has 2 unspecified atom stereocenters. The van der Waals surface area contributed by atoms with Crippen LogP contribution in [0.3, 0.4) is 0 Å².